The van der Waals surface area contributed by atoms with Gasteiger partial charge in [-0.25, -0.2) is 0 Å². The van der Waals surface area contributed by atoms with E-state index in [1.165, 1.54) is 0 Å². The van der Waals surface area contributed by atoms with Gasteiger partial charge in [-0.15, -0.1) is 0 Å². The van der Waals surface area contributed by atoms with Crippen molar-refractivity contribution < 1.29 is 9.90 Å². The minimum atomic E-state index is -0.554. The summed E-state index contributed by atoms with van der Waals surface area (Å²) in [6.07, 6.45) is 2.72. The van der Waals surface area contributed by atoms with Gasteiger partial charge in [-0.05, 0) is 32.4 Å². The molecule has 0 aromatic carbocycles. The summed E-state index contributed by atoms with van der Waals surface area (Å²) in [7, 11) is 0. The predicted molar refractivity (Wildman–Crippen MR) is 61.9 cm³/mol. The highest BCUT2D eigenvalue weighted by atomic mass is 16.3. The number of nitrogens with one attached hydrogen (secondary N) is 1. The number of aromatic nitrogens is 1. The summed E-state index contributed by atoms with van der Waals surface area (Å²) in [6.45, 7) is 3.50. The molecule has 0 radical (unpaired) electrons. The van der Waals surface area contributed by atoms with E-state index < -0.39 is 5.54 Å². The Balaban J connectivity index is 2.36. The van der Waals surface area contributed by atoms with E-state index in [0.29, 0.717) is 12.8 Å². The Morgan fingerprint density at radius 2 is 2.25 bits per heavy atom. The smallest absolute Gasteiger partial charge is 0.220 e. The summed E-state index contributed by atoms with van der Waals surface area (Å²) in [5.74, 6) is -0.0651. The molecule has 4 nitrogen and oxygen atoms in total. The number of aryl methyl sites for hydroxylation is 1. The van der Waals surface area contributed by atoms with Gasteiger partial charge in [-0.3, -0.25) is 9.78 Å². The molecule has 88 valence electrons. The molecule has 0 aliphatic heterocycles. The number of carbonyl (C=O) groups excluding carboxylic acids is 1. The van der Waals surface area contributed by atoms with E-state index in [1.54, 1.807) is 20.0 Å². The van der Waals surface area contributed by atoms with Crippen molar-refractivity contribution in [2.75, 3.05) is 6.61 Å². The van der Waals surface area contributed by atoms with Crippen molar-refractivity contribution in [1.82, 2.24) is 10.3 Å². The Kier molecular flexibility index (Phi) is 4.43. The van der Waals surface area contributed by atoms with E-state index in [9.17, 15) is 4.79 Å². The third-order valence-electron chi connectivity index (χ3n) is 2.21. The molecule has 0 atom stereocenters. The molecule has 1 aromatic heterocycles. The number of pyridine rings is 1. The van der Waals surface area contributed by atoms with Crippen LogP contribution in [0.3, 0.4) is 0 Å². The minimum Gasteiger partial charge on any atom is -0.394 e. The van der Waals surface area contributed by atoms with Crippen LogP contribution in [-0.2, 0) is 11.2 Å². The fourth-order valence-corrected chi connectivity index (χ4v) is 1.27. The highest BCUT2D eigenvalue weighted by molar-refractivity contribution is 5.76. The summed E-state index contributed by atoms with van der Waals surface area (Å²) in [6, 6.07) is 5.64. The van der Waals surface area contributed by atoms with Crippen molar-refractivity contribution in [3.63, 3.8) is 0 Å². The molecule has 4 heteroatoms. The van der Waals surface area contributed by atoms with Gasteiger partial charge in [-0.1, -0.05) is 6.07 Å². The van der Waals surface area contributed by atoms with Crippen molar-refractivity contribution in [3.8, 4) is 0 Å². The number of hydrogen-bond donors (Lipinski definition) is 2. The first-order valence-electron chi connectivity index (χ1n) is 5.35. The number of rotatable bonds is 5. The molecule has 0 unspecified atom stereocenters. The maximum atomic E-state index is 11.5. The van der Waals surface area contributed by atoms with Crippen molar-refractivity contribution in [2.24, 2.45) is 0 Å². The number of aliphatic hydroxyl groups excluding tert-OH is 1. The van der Waals surface area contributed by atoms with Gasteiger partial charge in [0.2, 0.25) is 5.91 Å². The van der Waals surface area contributed by atoms with E-state index in [-0.39, 0.29) is 12.5 Å². The Bertz CT molecular complexity index is 336. The van der Waals surface area contributed by atoms with Gasteiger partial charge >= 0.3 is 0 Å². The molecule has 0 bridgehead atoms. The highest BCUT2D eigenvalue weighted by Gasteiger charge is 2.18. The zero-order valence-electron chi connectivity index (χ0n) is 9.73. The maximum Gasteiger partial charge on any atom is 0.220 e. The minimum absolute atomic E-state index is 0.0651. The maximum absolute atomic E-state index is 11.5. The lowest BCUT2D eigenvalue weighted by molar-refractivity contribution is -0.123. The lowest BCUT2D eigenvalue weighted by Gasteiger charge is -2.23. The molecule has 0 fully saturated rings. The van der Waals surface area contributed by atoms with E-state index >= 15 is 0 Å². The molecule has 1 heterocycles. The molecule has 0 saturated heterocycles. The van der Waals surface area contributed by atoms with Crippen LogP contribution < -0.4 is 5.32 Å². The first kappa shape index (κ1) is 12.6. The van der Waals surface area contributed by atoms with Crippen LogP contribution in [0.4, 0.5) is 0 Å². The van der Waals surface area contributed by atoms with Crippen LogP contribution in [0.1, 0.15) is 26.0 Å². The van der Waals surface area contributed by atoms with Crippen molar-refractivity contribution >= 4 is 5.91 Å². The molecule has 0 aliphatic carbocycles. The van der Waals surface area contributed by atoms with Crippen LogP contribution in [0.15, 0.2) is 24.4 Å². The van der Waals surface area contributed by atoms with E-state index in [4.69, 9.17) is 5.11 Å². The number of carbonyl (C=O) groups is 1. The standard InChI is InChI=1S/C12H18N2O2/c1-12(2,9-15)14-11(16)7-6-10-5-3-4-8-13-10/h3-5,8,15H,6-7,9H2,1-2H3,(H,14,16). The molecular weight excluding hydrogens is 204 g/mol. The number of aliphatic hydroxyl groups is 1. The quantitative estimate of drug-likeness (QED) is 0.778. The number of hydrogen-bond acceptors (Lipinski definition) is 3. The summed E-state index contributed by atoms with van der Waals surface area (Å²) in [5.41, 5.74) is 0.348. The third-order valence-corrected chi connectivity index (χ3v) is 2.21. The Morgan fingerprint density at radius 3 is 2.81 bits per heavy atom. The van der Waals surface area contributed by atoms with E-state index in [2.05, 4.69) is 10.3 Å². The van der Waals surface area contributed by atoms with Crippen molar-refractivity contribution in [1.29, 1.82) is 0 Å². The molecule has 0 saturated carbocycles. The van der Waals surface area contributed by atoms with Crippen molar-refractivity contribution in [2.45, 2.75) is 32.2 Å². The number of amides is 1. The van der Waals surface area contributed by atoms with Crippen molar-refractivity contribution in [3.05, 3.63) is 30.1 Å². The third kappa shape index (κ3) is 4.40. The van der Waals surface area contributed by atoms with Crippen LogP contribution in [0, 0.1) is 0 Å². The van der Waals surface area contributed by atoms with Gasteiger partial charge in [0.05, 0.1) is 12.1 Å². The topological polar surface area (TPSA) is 62.2 Å². The molecular formula is C12H18N2O2. The van der Waals surface area contributed by atoms with Gasteiger partial charge in [0.15, 0.2) is 0 Å². The van der Waals surface area contributed by atoms with Gasteiger partial charge in [0.1, 0.15) is 0 Å². The molecule has 0 spiro atoms. The fraction of sp³-hybridized carbons (Fsp3) is 0.500. The monoisotopic (exact) mass is 222 g/mol. The second-order valence-electron chi connectivity index (χ2n) is 4.41. The van der Waals surface area contributed by atoms with E-state index in [1.807, 2.05) is 18.2 Å². The average Bonchev–Trinajstić information content (AvgIpc) is 2.27. The zero-order valence-corrected chi connectivity index (χ0v) is 9.73. The molecule has 1 amide bonds. The first-order valence-corrected chi connectivity index (χ1v) is 5.35. The van der Waals surface area contributed by atoms with Gasteiger partial charge in [-0.2, -0.15) is 0 Å². The number of nitrogens with zero attached hydrogens (tertiary/aromatic N) is 1. The molecule has 16 heavy (non-hydrogen) atoms. The summed E-state index contributed by atoms with van der Waals surface area (Å²) in [4.78, 5) is 15.7. The second-order valence-corrected chi connectivity index (χ2v) is 4.41. The highest BCUT2D eigenvalue weighted by Crippen LogP contribution is 2.03. The van der Waals surface area contributed by atoms with Gasteiger partial charge < -0.3 is 10.4 Å². The van der Waals surface area contributed by atoms with Gasteiger partial charge in [0, 0.05) is 18.3 Å². The molecule has 2 N–H and O–H groups in total. The second kappa shape index (κ2) is 5.61. The van der Waals surface area contributed by atoms with Gasteiger partial charge in [0.25, 0.3) is 0 Å². The largest absolute Gasteiger partial charge is 0.394 e. The normalized spacial score (nSPS) is 11.2. The molecule has 1 rings (SSSR count). The Hall–Kier alpha value is -1.42. The lowest BCUT2D eigenvalue weighted by Crippen LogP contribution is -2.46. The lowest BCUT2D eigenvalue weighted by atomic mass is 10.1. The summed E-state index contributed by atoms with van der Waals surface area (Å²) in [5, 5.41) is 11.8. The summed E-state index contributed by atoms with van der Waals surface area (Å²) >= 11 is 0. The van der Waals surface area contributed by atoms with E-state index in [0.717, 1.165) is 5.69 Å². The Labute approximate surface area is 95.7 Å². The van der Waals surface area contributed by atoms with Crippen LogP contribution in [0.2, 0.25) is 0 Å². The zero-order chi connectivity index (χ0) is 12.0. The SMILES string of the molecule is CC(C)(CO)NC(=O)CCc1ccccn1. The Morgan fingerprint density at radius 1 is 1.50 bits per heavy atom. The van der Waals surface area contributed by atoms with Crippen LogP contribution >= 0.6 is 0 Å². The molecule has 1 aromatic rings. The summed E-state index contributed by atoms with van der Waals surface area (Å²) < 4.78 is 0. The fourth-order valence-electron chi connectivity index (χ4n) is 1.27. The molecule has 0 aliphatic rings. The average molecular weight is 222 g/mol. The van der Waals surface area contributed by atoms with Crippen LogP contribution in [-0.4, -0.2) is 28.1 Å². The first-order chi connectivity index (χ1) is 7.53. The van der Waals surface area contributed by atoms with Crippen LogP contribution in [0.5, 0.6) is 0 Å². The van der Waals surface area contributed by atoms with Crippen LogP contribution in [0.25, 0.3) is 0 Å². The predicted octanol–water partition coefficient (Wildman–Crippen LogP) is 0.901.